The van der Waals surface area contributed by atoms with E-state index >= 15 is 0 Å². The van der Waals surface area contributed by atoms with Crippen molar-refractivity contribution in [1.82, 2.24) is 19.1 Å². The van der Waals surface area contributed by atoms with Crippen molar-refractivity contribution in [3.8, 4) is 0 Å². The van der Waals surface area contributed by atoms with Crippen LogP contribution in [0, 0.1) is 10.5 Å². The van der Waals surface area contributed by atoms with Gasteiger partial charge in [-0.2, -0.15) is 9.97 Å². The fourth-order valence-corrected chi connectivity index (χ4v) is 4.26. The molecule has 4 rings (SSSR count). The minimum absolute atomic E-state index is 0.138. The number of aromatic nitrogens is 4. The van der Waals surface area contributed by atoms with Crippen molar-refractivity contribution in [2.24, 2.45) is 0 Å². The first-order valence-corrected chi connectivity index (χ1v) is 11.3. The maximum absolute atomic E-state index is 12.1. The van der Waals surface area contributed by atoms with E-state index in [2.05, 4.69) is 9.97 Å². The highest BCUT2D eigenvalue weighted by Gasteiger charge is 2.35. The van der Waals surface area contributed by atoms with Crippen LogP contribution >= 0.6 is 22.6 Å². The Labute approximate surface area is 196 Å². The molecule has 2 aromatic rings. The van der Waals surface area contributed by atoms with Gasteiger partial charge in [0.15, 0.2) is 6.29 Å². The van der Waals surface area contributed by atoms with Crippen molar-refractivity contribution in [3.63, 3.8) is 0 Å². The Morgan fingerprint density at radius 1 is 1.09 bits per heavy atom. The molecule has 0 aromatic carbocycles. The number of hydrogen-bond donors (Lipinski definition) is 3. The van der Waals surface area contributed by atoms with Crippen LogP contribution in [0.25, 0.3) is 0 Å². The van der Waals surface area contributed by atoms with Crippen molar-refractivity contribution in [2.45, 2.75) is 63.6 Å². The summed E-state index contributed by atoms with van der Waals surface area (Å²) in [6, 6.07) is 0. The lowest BCUT2D eigenvalue weighted by atomic mass is 10.2. The van der Waals surface area contributed by atoms with Crippen LogP contribution in [-0.4, -0.2) is 49.3 Å². The van der Waals surface area contributed by atoms with Gasteiger partial charge in [0.05, 0.1) is 16.3 Å². The lowest BCUT2D eigenvalue weighted by molar-refractivity contribution is -0.195. The average Bonchev–Trinajstić information content (AvgIpc) is 3.41. The molecule has 1 unspecified atom stereocenters. The number of anilines is 2. The van der Waals surface area contributed by atoms with Crippen LogP contribution in [0.15, 0.2) is 22.0 Å². The quantitative estimate of drug-likeness (QED) is 0.329. The van der Waals surface area contributed by atoms with Crippen molar-refractivity contribution >= 4 is 34.2 Å². The number of nitrogen functional groups attached to an aromatic ring is 2. The van der Waals surface area contributed by atoms with Crippen LogP contribution in [0.5, 0.6) is 0 Å². The average molecular weight is 560 g/mol. The van der Waals surface area contributed by atoms with Gasteiger partial charge in [0.25, 0.3) is 0 Å². The second-order valence-electron chi connectivity index (χ2n) is 7.88. The first kappa shape index (κ1) is 23.1. The summed E-state index contributed by atoms with van der Waals surface area (Å²) in [5.74, 6) is 0.376. The van der Waals surface area contributed by atoms with E-state index < -0.39 is 36.2 Å². The minimum atomic E-state index is -1.18. The van der Waals surface area contributed by atoms with E-state index in [4.69, 9.17) is 25.7 Å². The second-order valence-corrected chi connectivity index (χ2v) is 9.05. The molecular weight excluding hydrogens is 535 g/mol. The molecule has 2 aliphatic rings. The third-order valence-corrected chi connectivity index (χ3v) is 6.45. The summed E-state index contributed by atoms with van der Waals surface area (Å²) >= 11 is 2.00. The van der Waals surface area contributed by atoms with Gasteiger partial charge in [-0.1, -0.05) is 0 Å². The summed E-state index contributed by atoms with van der Waals surface area (Å²) in [4.78, 5) is 31.8. The number of aliphatic hydroxyl groups is 1. The Balaban J connectivity index is 1.30. The van der Waals surface area contributed by atoms with Gasteiger partial charge >= 0.3 is 11.4 Å². The topological polar surface area (TPSA) is 170 Å². The summed E-state index contributed by atoms with van der Waals surface area (Å²) in [5.41, 5.74) is 11.1. The number of nitrogens with two attached hydrogens (primary N) is 2. The predicted molar refractivity (Wildman–Crippen MR) is 122 cm³/mol. The molecule has 5 atom stereocenters. The van der Waals surface area contributed by atoms with Gasteiger partial charge in [0, 0.05) is 18.0 Å². The molecule has 2 saturated heterocycles. The van der Waals surface area contributed by atoms with Crippen molar-refractivity contribution in [3.05, 3.63) is 42.5 Å². The Morgan fingerprint density at radius 2 is 1.72 bits per heavy atom. The van der Waals surface area contributed by atoms with Gasteiger partial charge < -0.3 is 30.8 Å². The number of aryl methyl sites for hydroxylation is 1. The first-order valence-electron chi connectivity index (χ1n) is 10.2. The number of nitrogens with zero attached hydrogens (tertiary/aromatic N) is 4. The summed E-state index contributed by atoms with van der Waals surface area (Å²) in [5, 5.41) is 10.4. The molecule has 0 amide bonds. The van der Waals surface area contributed by atoms with Gasteiger partial charge in [-0.25, -0.2) is 9.59 Å². The molecule has 5 N–H and O–H groups in total. The van der Waals surface area contributed by atoms with Gasteiger partial charge in [-0.05, 0) is 55.2 Å². The van der Waals surface area contributed by atoms with Crippen LogP contribution in [-0.2, 0) is 14.2 Å². The SMILES string of the molecule is Cc1cn([C@H]2CC[C@@H](COC(O)[C@@H]3CC[C@H](n4cc(I)c(N)nc4=O)O3)O2)c(=O)nc1N. The normalized spacial score (nSPS) is 26.5. The molecule has 12 nitrogen and oxygen atoms in total. The zero-order valence-corrected chi connectivity index (χ0v) is 19.5. The third-order valence-electron chi connectivity index (χ3n) is 5.61. The van der Waals surface area contributed by atoms with E-state index in [1.807, 2.05) is 22.6 Å². The molecule has 0 aliphatic carbocycles. The van der Waals surface area contributed by atoms with Gasteiger partial charge in [0.1, 0.15) is 30.2 Å². The molecule has 0 bridgehead atoms. The van der Waals surface area contributed by atoms with E-state index in [0.29, 0.717) is 34.8 Å². The highest BCUT2D eigenvalue weighted by molar-refractivity contribution is 14.1. The predicted octanol–water partition coefficient (Wildman–Crippen LogP) is 0.268. The number of ether oxygens (including phenoxy) is 3. The van der Waals surface area contributed by atoms with Gasteiger partial charge in [-0.15, -0.1) is 0 Å². The number of halogens is 1. The zero-order valence-electron chi connectivity index (χ0n) is 17.4. The smallest absolute Gasteiger partial charge is 0.351 e. The van der Waals surface area contributed by atoms with Crippen LogP contribution in [0.3, 0.4) is 0 Å². The van der Waals surface area contributed by atoms with Gasteiger partial charge in [0.2, 0.25) is 0 Å². The van der Waals surface area contributed by atoms with Crippen LogP contribution in [0.4, 0.5) is 11.6 Å². The fraction of sp³-hybridized carbons (Fsp3) is 0.579. The van der Waals surface area contributed by atoms with E-state index in [9.17, 15) is 14.7 Å². The summed E-state index contributed by atoms with van der Waals surface area (Å²) in [6.07, 6.45) is 2.47. The Morgan fingerprint density at radius 3 is 2.47 bits per heavy atom. The molecule has 13 heteroatoms. The molecule has 4 heterocycles. The molecule has 32 heavy (non-hydrogen) atoms. The molecule has 0 radical (unpaired) electrons. The Hall–Kier alpha value is -2.07. The monoisotopic (exact) mass is 560 g/mol. The summed E-state index contributed by atoms with van der Waals surface area (Å²) < 4.78 is 20.8. The summed E-state index contributed by atoms with van der Waals surface area (Å²) in [7, 11) is 0. The standard InChI is InChI=1S/C19H25IN6O6/c1-9-6-25(18(28)23-15(9)21)13-4-2-10(31-13)8-30-17(27)12-3-5-14(32-12)26-7-11(20)16(22)24-19(26)29/h6-7,10,12-14,17,27H,2-5,8H2,1H3,(H2,21,23,28)(H2,22,24,29)/t10-,12-,13+,14+,17?/m0/s1. The molecule has 2 fully saturated rings. The lowest BCUT2D eigenvalue weighted by Gasteiger charge is -2.22. The van der Waals surface area contributed by atoms with Crippen molar-refractivity contribution in [1.29, 1.82) is 0 Å². The highest BCUT2D eigenvalue weighted by Crippen LogP contribution is 2.31. The largest absolute Gasteiger partial charge is 0.383 e. The summed E-state index contributed by atoms with van der Waals surface area (Å²) in [6.45, 7) is 1.91. The Kier molecular flexibility index (Phi) is 6.80. The molecule has 0 spiro atoms. The molecule has 174 valence electrons. The molecule has 2 aliphatic heterocycles. The highest BCUT2D eigenvalue weighted by atomic mass is 127. The number of hydrogen-bond acceptors (Lipinski definition) is 10. The molecule has 2 aromatic heterocycles. The van der Waals surface area contributed by atoms with Crippen LogP contribution in [0.1, 0.15) is 43.7 Å². The first-order chi connectivity index (χ1) is 15.2. The van der Waals surface area contributed by atoms with E-state index in [1.165, 1.54) is 9.13 Å². The zero-order chi connectivity index (χ0) is 23.0. The maximum Gasteiger partial charge on any atom is 0.351 e. The van der Waals surface area contributed by atoms with Crippen molar-refractivity contribution in [2.75, 3.05) is 18.1 Å². The molecule has 0 saturated carbocycles. The maximum atomic E-state index is 12.1. The fourth-order valence-electron chi connectivity index (χ4n) is 3.84. The Bertz CT molecular complexity index is 1110. The van der Waals surface area contributed by atoms with E-state index in [1.54, 1.807) is 19.3 Å². The molecular formula is C19H25IN6O6. The van der Waals surface area contributed by atoms with Crippen molar-refractivity contribution < 1.29 is 19.3 Å². The lowest BCUT2D eigenvalue weighted by Crippen LogP contribution is -2.33. The van der Waals surface area contributed by atoms with Crippen LogP contribution in [0.2, 0.25) is 0 Å². The van der Waals surface area contributed by atoms with E-state index in [0.717, 1.165) is 0 Å². The minimum Gasteiger partial charge on any atom is -0.383 e. The number of rotatable bonds is 6. The second kappa shape index (κ2) is 9.43. The van der Waals surface area contributed by atoms with E-state index in [-0.39, 0.29) is 24.3 Å². The van der Waals surface area contributed by atoms with Crippen LogP contribution < -0.4 is 22.8 Å². The van der Waals surface area contributed by atoms with Gasteiger partial charge in [-0.3, -0.25) is 9.13 Å². The number of aliphatic hydroxyl groups excluding tert-OH is 1. The third kappa shape index (κ3) is 4.80.